The molecule has 2 aromatic carbocycles. The molecule has 7 heteroatoms. The fourth-order valence-corrected chi connectivity index (χ4v) is 4.42. The number of carbonyl (C=O) groups is 1. The fourth-order valence-electron chi connectivity index (χ4n) is 4.42. The maximum atomic E-state index is 13.6. The summed E-state index contributed by atoms with van der Waals surface area (Å²) in [5, 5.41) is 19.0. The number of aliphatic hydroxyl groups is 1. The number of methoxy groups -OCH3 is 1. The summed E-state index contributed by atoms with van der Waals surface area (Å²) in [5.74, 6) is 0.644. The quantitative estimate of drug-likeness (QED) is 0.607. The van der Waals surface area contributed by atoms with Gasteiger partial charge in [-0.1, -0.05) is 12.1 Å². The number of hydrogen-bond donors (Lipinski definition) is 2. The van der Waals surface area contributed by atoms with E-state index in [0.717, 1.165) is 41.0 Å². The van der Waals surface area contributed by atoms with Gasteiger partial charge in [-0.3, -0.25) is 4.79 Å². The van der Waals surface area contributed by atoms with Crippen molar-refractivity contribution in [3.63, 3.8) is 0 Å². The smallest absolute Gasteiger partial charge is 0.270 e. The molecular formula is C26H28N4O3. The molecule has 7 nitrogen and oxygen atoms in total. The van der Waals surface area contributed by atoms with Crippen LogP contribution in [-0.4, -0.2) is 53.3 Å². The molecule has 1 aliphatic rings. The first-order valence-electron chi connectivity index (χ1n) is 11.1. The molecule has 0 saturated carbocycles. The lowest BCUT2D eigenvalue weighted by atomic mass is 10.00. The summed E-state index contributed by atoms with van der Waals surface area (Å²) in [6, 6.07) is 18.9. The highest BCUT2D eigenvalue weighted by Gasteiger charge is 2.28. The van der Waals surface area contributed by atoms with E-state index < -0.39 is 0 Å². The monoisotopic (exact) mass is 444 g/mol. The zero-order chi connectivity index (χ0) is 23.4. The lowest BCUT2D eigenvalue weighted by molar-refractivity contribution is 0.0697. The molecule has 0 unspecified atom stereocenters. The zero-order valence-electron chi connectivity index (χ0n) is 18.7. The number of hydrogen-bond acceptors (Lipinski definition) is 5. The van der Waals surface area contributed by atoms with E-state index in [1.807, 2.05) is 47.0 Å². The van der Waals surface area contributed by atoms with Crippen molar-refractivity contribution in [3.8, 4) is 34.2 Å². The van der Waals surface area contributed by atoms with Crippen molar-refractivity contribution in [2.75, 3.05) is 26.8 Å². The van der Waals surface area contributed by atoms with Crippen molar-refractivity contribution in [1.29, 1.82) is 5.26 Å². The van der Waals surface area contributed by atoms with Crippen molar-refractivity contribution in [1.82, 2.24) is 9.47 Å². The number of nitriles is 1. The Balaban J connectivity index is 1.88. The van der Waals surface area contributed by atoms with Gasteiger partial charge in [0, 0.05) is 31.2 Å². The molecule has 1 aromatic heterocycles. The second kappa shape index (κ2) is 9.90. The van der Waals surface area contributed by atoms with Crippen LogP contribution in [0.3, 0.4) is 0 Å². The number of aliphatic hydroxyl groups excluding tert-OH is 1. The second-order valence-electron chi connectivity index (χ2n) is 8.24. The van der Waals surface area contributed by atoms with Crippen molar-refractivity contribution in [2.45, 2.75) is 25.4 Å². The maximum absolute atomic E-state index is 13.6. The van der Waals surface area contributed by atoms with E-state index in [4.69, 9.17) is 10.5 Å². The van der Waals surface area contributed by atoms with Gasteiger partial charge in [-0.2, -0.15) is 5.26 Å². The summed E-state index contributed by atoms with van der Waals surface area (Å²) in [7, 11) is 1.62. The first-order chi connectivity index (χ1) is 16.0. The average molecular weight is 445 g/mol. The van der Waals surface area contributed by atoms with Crippen LogP contribution in [-0.2, 0) is 6.54 Å². The van der Waals surface area contributed by atoms with E-state index in [9.17, 15) is 15.2 Å². The highest BCUT2D eigenvalue weighted by Crippen LogP contribution is 2.37. The number of rotatable bonds is 6. The number of aromatic nitrogens is 1. The Morgan fingerprint density at radius 2 is 1.88 bits per heavy atom. The predicted octanol–water partition coefficient (Wildman–Crippen LogP) is 3.26. The average Bonchev–Trinajstić information content (AvgIpc) is 3.23. The van der Waals surface area contributed by atoms with Gasteiger partial charge < -0.3 is 25.0 Å². The Kier molecular flexibility index (Phi) is 6.78. The topological polar surface area (TPSA) is 105 Å². The summed E-state index contributed by atoms with van der Waals surface area (Å²) in [6.45, 7) is 1.36. The van der Waals surface area contributed by atoms with Gasteiger partial charge in [0.15, 0.2) is 0 Å². The van der Waals surface area contributed by atoms with Crippen LogP contribution < -0.4 is 10.5 Å². The first-order valence-corrected chi connectivity index (χ1v) is 11.1. The van der Waals surface area contributed by atoms with Gasteiger partial charge >= 0.3 is 0 Å². The molecule has 1 fully saturated rings. The number of ether oxygens (including phenoxy) is 1. The zero-order valence-corrected chi connectivity index (χ0v) is 18.7. The highest BCUT2D eigenvalue weighted by atomic mass is 16.5. The molecule has 3 aromatic rings. The molecule has 1 saturated heterocycles. The van der Waals surface area contributed by atoms with Gasteiger partial charge in [-0.05, 0) is 66.4 Å². The maximum Gasteiger partial charge on any atom is 0.270 e. The molecule has 1 amide bonds. The summed E-state index contributed by atoms with van der Waals surface area (Å²) in [4.78, 5) is 15.4. The third-order valence-corrected chi connectivity index (χ3v) is 6.07. The minimum atomic E-state index is -0.107. The van der Waals surface area contributed by atoms with Crippen molar-refractivity contribution in [2.24, 2.45) is 5.73 Å². The van der Waals surface area contributed by atoms with Crippen molar-refractivity contribution in [3.05, 3.63) is 65.9 Å². The summed E-state index contributed by atoms with van der Waals surface area (Å²) in [5.41, 5.74) is 10.7. The van der Waals surface area contributed by atoms with Crippen LogP contribution in [0, 0.1) is 11.3 Å². The largest absolute Gasteiger partial charge is 0.497 e. The number of amides is 1. The standard InChI is InChI=1S/C26H28N4O3/c1-33-22-10-8-20(9-11-22)25-23(19-6-4-18(16-27)5-7-19)15-24(30(25)13-14-31)26(32)29-12-2-3-21(28)17-29/h4-11,15,21,31H,2-3,12-14,17,28H2,1H3/t21-/m1/s1. The Hall–Kier alpha value is -3.60. The summed E-state index contributed by atoms with van der Waals surface area (Å²) < 4.78 is 7.19. The molecule has 1 atom stereocenters. The molecule has 1 aliphatic heterocycles. The lowest BCUT2D eigenvalue weighted by Gasteiger charge is -2.31. The number of nitrogens with zero attached hydrogens (tertiary/aromatic N) is 3. The van der Waals surface area contributed by atoms with Gasteiger partial charge in [-0.25, -0.2) is 0 Å². The van der Waals surface area contributed by atoms with E-state index in [2.05, 4.69) is 6.07 Å². The van der Waals surface area contributed by atoms with Crippen molar-refractivity contribution >= 4 is 5.91 Å². The normalized spacial score (nSPS) is 15.8. The van der Waals surface area contributed by atoms with Crippen LogP contribution in [0.5, 0.6) is 5.75 Å². The minimum absolute atomic E-state index is 0.0250. The number of nitrogens with two attached hydrogens (primary N) is 1. The van der Waals surface area contributed by atoms with Crippen LogP contribution in [0.15, 0.2) is 54.6 Å². The van der Waals surface area contributed by atoms with Crippen molar-refractivity contribution < 1.29 is 14.6 Å². The van der Waals surface area contributed by atoms with Gasteiger partial charge in [0.05, 0.1) is 31.0 Å². The van der Waals surface area contributed by atoms with Crippen LogP contribution in [0.25, 0.3) is 22.4 Å². The highest BCUT2D eigenvalue weighted by molar-refractivity contribution is 5.98. The lowest BCUT2D eigenvalue weighted by Crippen LogP contribution is -2.46. The van der Waals surface area contributed by atoms with E-state index in [1.165, 1.54) is 0 Å². The molecule has 0 spiro atoms. The van der Waals surface area contributed by atoms with Gasteiger partial charge in [0.25, 0.3) is 5.91 Å². The summed E-state index contributed by atoms with van der Waals surface area (Å²) in [6.07, 6.45) is 1.79. The summed E-state index contributed by atoms with van der Waals surface area (Å²) >= 11 is 0. The van der Waals surface area contributed by atoms with E-state index in [1.54, 1.807) is 24.1 Å². The third kappa shape index (κ3) is 4.63. The molecule has 0 radical (unpaired) electrons. The molecule has 170 valence electrons. The second-order valence-corrected chi connectivity index (χ2v) is 8.24. The number of carbonyl (C=O) groups excluding carboxylic acids is 1. The number of benzene rings is 2. The Bertz CT molecular complexity index is 1160. The predicted molar refractivity (Wildman–Crippen MR) is 127 cm³/mol. The van der Waals surface area contributed by atoms with E-state index >= 15 is 0 Å². The fraction of sp³-hybridized carbons (Fsp3) is 0.308. The Morgan fingerprint density at radius 1 is 1.18 bits per heavy atom. The van der Waals surface area contributed by atoms with Crippen LogP contribution in [0.4, 0.5) is 0 Å². The van der Waals surface area contributed by atoms with Crippen LogP contribution in [0.1, 0.15) is 28.9 Å². The van der Waals surface area contributed by atoms with Gasteiger partial charge in [0.2, 0.25) is 0 Å². The molecule has 2 heterocycles. The van der Waals surface area contributed by atoms with E-state index in [0.29, 0.717) is 24.3 Å². The molecule has 0 aliphatic carbocycles. The van der Waals surface area contributed by atoms with Crippen LogP contribution >= 0.6 is 0 Å². The first kappa shape index (κ1) is 22.6. The minimum Gasteiger partial charge on any atom is -0.497 e. The number of likely N-dealkylation sites (tertiary alicyclic amines) is 1. The van der Waals surface area contributed by atoms with Gasteiger partial charge in [-0.15, -0.1) is 0 Å². The molecule has 4 rings (SSSR count). The molecule has 0 bridgehead atoms. The SMILES string of the molecule is COc1ccc(-c2c(-c3ccc(C#N)cc3)cc(C(=O)N3CCC[C@@H](N)C3)n2CCO)cc1. The molecule has 3 N–H and O–H groups in total. The number of piperidine rings is 1. The molecule has 33 heavy (non-hydrogen) atoms. The van der Waals surface area contributed by atoms with Crippen LogP contribution in [0.2, 0.25) is 0 Å². The molecular weight excluding hydrogens is 416 g/mol. The van der Waals surface area contributed by atoms with E-state index in [-0.39, 0.29) is 25.1 Å². The Morgan fingerprint density at radius 3 is 2.48 bits per heavy atom. The Labute approximate surface area is 193 Å². The van der Waals surface area contributed by atoms with Gasteiger partial charge in [0.1, 0.15) is 11.4 Å². The third-order valence-electron chi connectivity index (χ3n) is 6.07.